The summed E-state index contributed by atoms with van der Waals surface area (Å²) in [5.41, 5.74) is 1.75. The number of aryl methyl sites for hydroxylation is 1. The van der Waals surface area contributed by atoms with Gasteiger partial charge < -0.3 is 14.8 Å². The van der Waals surface area contributed by atoms with Gasteiger partial charge in [-0.15, -0.1) is 5.10 Å². The number of para-hydroxylation sites is 1. The lowest BCUT2D eigenvalue weighted by Crippen LogP contribution is -2.35. The van der Waals surface area contributed by atoms with E-state index in [-0.39, 0.29) is 24.0 Å². The van der Waals surface area contributed by atoms with E-state index in [1.54, 1.807) is 18.0 Å². The zero-order valence-electron chi connectivity index (χ0n) is 17.7. The van der Waals surface area contributed by atoms with Gasteiger partial charge in [-0.25, -0.2) is 0 Å². The highest BCUT2D eigenvalue weighted by atomic mass is 16.5. The van der Waals surface area contributed by atoms with Crippen molar-refractivity contribution in [3.05, 3.63) is 54.1 Å². The fourth-order valence-corrected chi connectivity index (χ4v) is 3.88. The standard InChI is InChI=1S/C21H27N7O3/c1-15(20-24-25-26-28(20)16-7-4-3-5-8-16)23-21(29)17-10-14-31-19(17)18-9-11-22-27(18)12-6-13-30-2/h3-5,7-9,11,15,17,19H,6,10,12-14H2,1-2H3,(H,23,29)/t15?,17-,19-/m0/s1. The van der Waals surface area contributed by atoms with Crippen LogP contribution in [0.2, 0.25) is 0 Å². The number of aromatic nitrogens is 6. The summed E-state index contributed by atoms with van der Waals surface area (Å²) < 4.78 is 14.6. The summed E-state index contributed by atoms with van der Waals surface area (Å²) in [5.74, 6) is 0.184. The lowest BCUT2D eigenvalue weighted by molar-refractivity contribution is -0.127. The quantitative estimate of drug-likeness (QED) is 0.521. The Bertz CT molecular complexity index is 988. The number of amides is 1. The first-order chi connectivity index (χ1) is 15.2. The number of nitrogens with zero attached hydrogens (tertiary/aromatic N) is 6. The average Bonchev–Trinajstić information content (AvgIpc) is 3.54. The van der Waals surface area contributed by atoms with Crippen molar-refractivity contribution in [3.8, 4) is 5.69 Å². The molecule has 10 heteroatoms. The molecule has 1 saturated heterocycles. The van der Waals surface area contributed by atoms with Crippen LogP contribution in [0.3, 0.4) is 0 Å². The van der Waals surface area contributed by atoms with Crippen molar-refractivity contribution in [3.63, 3.8) is 0 Å². The predicted octanol–water partition coefficient (Wildman–Crippen LogP) is 1.85. The molecule has 0 radical (unpaired) electrons. The molecule has 31 heavy (non-hydrogen) atoms. The molecule has 0 bridgehead atoms. The molecular weight excluding hydrogens is 398 g/mol. The third kappa shape index (κ3) is 4.64. The molecule has 1 aliphatic rings. The van der Waals surface area contributed by atoms with Crippen LogP contribution < -0.4 is 5.32 Å². The maximum atomic E-state index is 13.2. The maximum absolute atomic E-state index is 13.2. The number of tetrazole rings is 1. The highest BCUT2D eigenvalue weighted by molar-refractivity contribution is 5.80. The smallest absolute Gasteiger partial charge is 0.226 e. The fourth-order valence-electron chi connectivity index (χ4n) is 3.88. The first kappa shape index (κ1) is 21.1. The number of carbonyl (C=O) groups is 1. The number of benzene rings is 1. The van der Waals surface area contributed by atoms with E-state index in [2.05, 4.69) is 25.9 Å². The second-order valence-corrected chi connectivity index (χ2v) is 7.53. The van der Waals surface area contributed by atoms with Gasteiger partial charge in [0.25, 0.3) is 0 Å². The topological polar surface area (TPSA) is 109 Å². The largest absolute Gasteiger partial charge is 0.385 e. The van der Waals surface area contributed by atoms with Gasteiger partial charge in [-0.2, -0.15) is 9.78 Å². The Hall–Kier alpha value is -3.11. The fraction of sp³-hybridized carbons (Fsp3) is 0.476. The van der Waals surface area contributed by atoms with Crippen LogP contribution in [-0.2, 0) is 20.8 Å². The van der Waals surface area contributed by atoms with E-state index in [9.17, 15) is 4.79 Å². The molecule has 1 N–H and O–H groups in total. The molecule has 1 fully saturated rings. The zero-order chi connectivity index (χ0) is 21.6. The van der Waals surface area contributed by atoms with Crippen LogP contribution in [0, 0.1) is 5.92 Å². The summed E-state index contributed by atoms with van der Waals surface area (Å²) in [7, 11) is 1.68. The lowest BCUT2D eigenvalue weighted by Gasteiger charge is -2.21. The average molecular weight is 425 g/mol. The van der Waals surface area contributed by atoms with E-state index in [1.165, 1.54) is 0 Å². The molecule has 1 aromatic carbocycles. The summed E-state index contributed by atoms with van der Waals surface area (Å²) >= 11 is 0. The predicted molar refractivity (Wildman–Crippen MR) is 111 cm³/mol. The Morgan fingerprint density at radius 3 is 2.97 bits per heavy atom. The number of rotatable bonds is 9. The van der Waals surface area contributed by atoms with Crippen molar-refractivity contribution in [2.45, 2.75) is 38.5 Å². The van der Waals surface area contributed by atoms with Gasteiger partial charge in [0.15, 0.2) is 5.82 Å². The number of ether oxygens (including phenoxy) is 2. The van der Waals surface area contributed by atoms with Crippen LogP contribution in [0.25, 0.3) is 5.69 Å². The minimum atomic E-state index is -0.365. The molecule has 164 valence electrons. The summed E-state index contributed by atoms with van der Waals surface area (Å²) in [6.45, 7) is 3.78. The van der Waals surface area contributed by atoms with Crippen molar-refractivity contribution < 1.29 is 14.3 Å². The molecule has 0 saturated carbocycles. The van der Waals surface area contributed by atoms with Gasteiger partial charge in [0.1, 0.15) is 6.10 Å². The number of hydrogen-bond donors (Lipinski definition) is 1. The molecule has 1 aliphatic heterocycles. The third-order valence-electron chi connectivity index (χ3n) is 5.43. The van der Waals surface area contributed by atoms with E-state index in [4.69, 9.17) is 9.47 Å². The normalized spacial score (nSPS) is 19.4. The molecule has 10 nitrogen and oxygen atoms in total. The van der Waals surface area contributed by atoms with Gasteiger partial charge >= 0.3 is 0 Å². The molecule has 1 unspecified atom stereocenters. The Balaban J connectivity index is 1.46. The van der Waals surface area contributed by atoms with Gasteiger partial charge in [-0.3, -0.25) is 9.48 Å². The molecule has 3 heterocycles. The number of hydrogen-bond acceptors (Lipinski definition) is 7. The number of nitrogens with one attached hydrogen (secondary N) is 1. The van der Waals surface area contributed by atoms with E-state index in [0.29, 0.717) is 32.0 Å². The van der Waals surface area contributed by atoms with E-state index >= 15 is 0 Å². The van der Waals surface area contributed by atoms with Crippen molar-refractivity contribution in [2.24, 2.45) is 5.92 Å². The van der Waals surface area contributed by atoms with Crippen LogP contribution in [0.1, 0.15) is 43.4 Å². The third-order valence-corrected chi connectivity index (χ3v) is 5.43. The van der Waals surface area contributed by atoms with Gasteiger partial charge in [0.05, 0.1) is 23.3 Å². The molecule has 4 rings (SSSR count). The van der Waals surface area contributed by atoms with Gasteiger partial charge in [-0.1, -0.05) is 18.2 Å². The van der Waals surface area contributed by atoms with Gasteiger partial charge in [-0.05, 0) is 48.4 Å². The summed E-state index contributed by atoms with van der Waals surface area (Å²) in [6.07, 6.45) is 2.90. The summed E-state index contributed by atoms with van der Waals surface area (Å²) in [6, 6.07) is 11.2. The van der Waals surface area contributed by atoms with E-state index in [1.807, 2.05) is 48.0 Å². The molecule has 3 atom stereocenters. The van der Waals surface area contributed by atoms with Gasteiger partial charge in [0, 0.05) is 33.1 Å². The first-order valence-electron chi connectivity index (χ1n) is 10.5. The van der Waals surface area contributed by atoms with Crippen LogP contribution in [0.5, 0.6) is 0 Å². The van der Waals surface area contributed by atoms with Crippen LogP contribution >= 0.6 is 0 Å². The lowest BCUT2D eigenvalue weighted by atomic mass is 9.97. The second kappa shape index (κ2) is 9.80. The van der Waals surface area contributed by atoms with Crippen molar-refractivity contribution in [2.75, 3.05) is 20.3 Å². The van der Waals surface area contributed by atoms with Crippen LogP contribution in [0.15, 0.2) is 42.6 Å². The SMILES string of the molecule is COCCCn1nccc1[C@H]1OCC[C@@H]1C(=O)NC(C)c1nnnn1-c1ccccc1. The van der Waals surface area contributed by atoms with Crippen LogP contribution in [-0.4, -0.2) is 56.2 Å². The Morgan fingerprint density at radius 2 is 2.16 bits per heavy atom. The van der Waals surface area contributed by atoms with Crippen molar-refractivity contribution in [1.82, 2.24) is 35.3 Å². The maximum Gasteiger partial charge on any atom is 0.226 e. The molecular formula is C21H27N7O3. The Morgan fingerprint density at radius 1 is 1.32 bits per heavy atom. The van der Waals surface area contributed by atoms with E-state index in [0.717, 1.165) is 17.8 Å². The number of carbonyl (C=O) groups excluding carboxylic acids is 1. The molecule has 1 amide bonds. The summed E-state index contributed by atoms with van der Waals surface area (Å²) in [4.78, 5) is 13.2. The first-order valence-corrected chi connectivity index (χ1v) is 10.5. The second-order valence-electron chi connectivity index (χ2n) is 7.53. The molecule has 2 aromatic heterocycles. The highest BCUT2D eigenvalue weighted by Gasteiger charge is 2.38. The highest BCUT2D eigenvalue weighted by Crippen LogP contribution is 2.35. The molecule has 0 aliphatic carbocycles. The minimum Gasteiger partial charge on any atom is -0.385 e. The monoisotopic (exact) mass is 425 g/mol. The van der Waals surface area contributed by atoms with Crippen molar-refractivity contribution in [1.29, 1.82) is 0 Å². The minimum absolute atomic E-state index is 0.0812. The van der Waals surface area contributed by atoms with Crippen molar-refractivity contribution >= 4 is 5.91 Å². The van der Waals surface area contributed by atoms with E-state index < -0.39 is 0 Å². The summed E-state index contributed by atoms with van der Waals surface area (Å²) in [5, 5.41) is 19.5. The molecule has 0 spiro atoms. The van der Waals surface area contributed by atoms with Crippen LogP contribution in [0.4, 0.5) is 0 Å². The Labute approximate surface area is 180 Å². The number of methoxy groups -OCH3 is 1. The Kier molecular flexibility index (Phi) is 6.68. The zero-order valence-corrected chi connectivity index (χ0v) is 17.7. The molecule has 3 aromatic rings. The van der Waals surface area contributed by atoms with Gasteiger partial charge in [0.2, 0.25) is 5.91 Å².